The van der Waals surface area contributed by atoms with Gasteiger partial charge in [0, 0.05) is 38.9 Å². The molecule has 1 N–H and O–H groups in total. The average Bonchev–Trinajstić information content (AvgIpc) is 2.82. The van der Waals surface area contributed by atoms with Crippen LogP contribution in [0.1, 0.15) is 6.42 Å². The summed E-state index contributed by atoms with van der Waals surface area (Å²) < 4.78 is 12.2. The molecule has 0 saturated carbocycles. The van der Waals surface area contributed by atoms with Gasteiger partial charge in [0.1, 0.15) is 0 Å². The molecular weight excluding hydrogens is 246 g/mol. The third kappa shape index (κ3) is 4.57. The van der Waals surface area contributed by atoms with Crippen LogP contribution in [0, 0.1) is 0 Å². The van der Waals surface area contributed by atoms with Gasteiger partial charge in [0.15, 0.2) is 0 Å². The minimum Gasteiger partial charge on any atom is -0.393 e. The number of nitrogens with one attached hydrogen (secondary N) is 1. The summed E-state index contributed by atoms with van der Waals surface area (Å²) in [5.74, 6) is 0.547. The summed E-state index contributed by atoms with van der Waals surface area (Å²) >= 11 is 0. The second kappa shape index (κ2) is 7.16. The predicted molar refractivity (Wildman–Crippen MR) is 71.3 cm³/mol. The first-order valence-corrected chi connectivity index (χ1v) is 6.63. The van der Waals surface area contributed by atoms with Crippen LogP contribution >= 0.6 is 0 Å². The van der Waals surface area contributed by atoms with E-state index in [1.165, 1.54) is 0 Å². The Hall–Kier alpha value is -1.53. The number of rotatable bonds is 5. The maximum Gasteiger partial charge on any atom is 0.413 e. The molecule has 0 bridgehead atoms. The van der Waals surface area contributed by atoms with E-state index in [9.17, 15) is 4.79 Å². The van der Waals surface area contributed by atoms with Crippen molar-refractivity contribution in [2.75, 3.05) is 39.4 Å². The maximum atomic E-state index is 11.5. The molecule has 6 nitrogen and oxygen atoms in total. The maximum absolute atomic E-state index is 11.5. The molecule has 19 heavy (non-hydrogen) atoms. The number of amides is 1. The monoisotopic (exact) mass is 267 g/mol. The van der Waals surface area contributed by atoms with Crippen LogP contribution in [-0.2, 0) is 11.8 Å². The number of nitrogens with zero attached hydrogens (tertiary/aromatic N) is 2. The van der Waals surface area contributed by atoms with E-state index in [4.69, 9.17) is 9.47 Å². The van der Waals surface area contributed by atoms with Crippen molar-refractivity contribution in [3.63, 3.8) is 0 Å². The molecular formula is C13H21N3O3. The SMILES string of the molecule is Cn1cccc1OC(=O)NCCCN1CCOCC1. The first-order chi connectivity index (χ1) is 9.25. The zero-order valence-electron chi connectivity index (χ0n) is 11.3. The summed E-state index contributed by atoms with van der Waals surface area (Å²) in [5.41, 5.74) is 0. The van der Waals surface area contributed by atoms with Gasteiger partial charge in [-0.2, -0.15) is 0 Å². The molecule has 1 aromatic rings. The van der Waals surface area contributed by atoms with Crippen molar-refractivity contribution in [1.82, 2.24) is 14.8 Å². The smallest absolute Gasteiger partial charge is 0.393 e. The molecule has 0 aromatic carbocycles. The Kier molecular flexibility index (Phi) is 5.23. The number of hydrogen-bond donors (Lipinski definition) is 1. The largest absolute Gasteiger partial charge is 0.413 e. The number of carbonyl (C=O) groups excluding carboxylic acids is 1. The summed E-state index contributed by atoms with van der Waals surface area (Å²) in [7, 11) is 1.83. The Balaban J connectivity index is 1.57. The third-order valence-electron chi connectivity index (χ3n) is 3.12. The number of aryl methyl sites for hydroxylation is 1. The van der Waals surface area contributed by atoms with Crippen LogP contribution in [0.4, 0.5) is 4.79 Å². The zero-order valence-corrected chi connectivity index (χ0v) is 11.3. The lowest BCUT2D eigenvalue weighted by molar-refractivity contribution is 0.0375. The molecule has 1 amide bonds. The van der Waals surface area contributed by atoms with Crippen LogP contribution in [0.15, 0.2) is 18.3 Å². The van der Waals surface area contributed by atoms with Crippen LogP contribution in [0.3, 0.4) is 0 Å². The summed E-state index contributed by atoms with van der Waals surface area (Å²) in [6.45, 7) is 5.18. The fourth-order valence-electron chi connectivity index (χ4n) is 2.00. The van der Waals surface area contributed by atoms with Gasteiger partial charge >= 0.3 is 6.09 Å². The van der Waals surface area contributed by atoms with Crippen LogP contribution in [-0.4, -0.2) is 55.0 Å². The van der Waals surface area contributed by atoms with Crippen molar-refractivity contribution in [2.45, 2.75) is 6.42 Å². The number of ether oxygens (including phenoxy) is 2. The second-order valence-corrected chi connectivity index (χ2v) is 4.58. The van der Waals surface area contributed by atoms with Crippen molar-refractivity contribution >= 4 is 6.09 Å². The van der Waals surface area contributed by atoms with Crippen LogP contribution in [0.25, 0.3) is 0 Å². The molecule has 6 heteroatoms. The normalized spacial score (nSPS) is 16.3. The van der Waals surface area contributed by atoms with Gasteiger partial charge in [-0.05, 0) is 19.0 Å². The van der Waals surface area contributed by atoms with Crippen molar-refractivity contribution in [3.05, 3.63) is 18.3 Å². The minimum absolute atomic E-state index is 0.399. The van der Waals surface area contributed by atoms with E-state index in [2.05, 4.69) is 10.2 Å². The molecule has 2 heterocycles. The standard InChI is InChI=1S/C13H21N3O3/c1-15-6-2-4-12(15)19-13(17)14-5-3-7-16-8-10-18-11-9-16/h2,4,6H,3,5,7-11H2,1H3,(H,14,17). The first kappa shape index (κ1) is 13.9. The van der Waals surface area contributed by atoms with Crippen molar-refractivity contribution in [2.24, 2.45) is 7.05 Å². The lowest BCUT2D eigenvalue weighted by Crippen LogP contribution is -2.38. The van der Waals surface area contributed by atoms with Crippen molar-refractivity contribution in [1.29, 1.82) is 0 Å². The number of morpholine rings is 1. The average molecular weight is 267 g/mol. The lowest BCUT2D eigenvalue weighted by atomic mass is 10.3. The quantitative estimate of drug-likeness (QED) is 0.803. The Bertz CT molecular complexity index is 400. The van der Waals surface area contributed by atoms with E-state index in [0.29, 0.717) is 12.4 Å². The summed E-state index contributed by atoms with van der Waals surface area (Å²) in [4.78, 5) is 13.9. The van der Waals surface area contributed by atoms with Gasteiger partial charge in [-0.1, -0.05) is 0 Å². The topological polar surface area (TPSA) is 55.7 Å². The van der Waals surface area contributed by atoms with Gasteiger partial charge in [-0.15, -0.1) is 0 Å². The molecule has 1 saturated heterocycles. The van der Waals surface area contributed by atoms with Crippen molar-refractivity contribution in [3.8, 4) is 5.88 Å². The van der Waals surface area contributed by atoms with Gasteiger partial charge in [0.2, 0.25) is 5.88 Å². The number of hydrogen-bond acceptors (Lipinski definition) is 4. The Morgan fingerprint density at radius 2 is 2.26 bits per heavy atom. The Labute approximate surface area is 113 Å². The number of carbonyl (C=O) groups is 1. The van der Waals surface area contributed by atoms with E-state index in [0.717, 1.165) is 39.3 Å². The third-order valence-corrected chi connectivity index (χ3v) is 3.12. The Morgan fingerprint density at radius 1 is 1.47 bits per heavy atom. The molecule has 1 aliphatic rings. The molecule has 106 valence electrons. The number of aromatic nitrogens is 1. The second-order valence-electron chi connectivity index (χ2n) is 4.58. The summed E-state index contributed by atoms with van der Waals surface area (Å²) in [5, 5.41) is 2.76. The van der Waals surface area contributed by atoms with E-state index >= 15 is 0 Å². The van der Waals surface area contributed by atoms with Crippen LogP contribution in [0.5, 0.6) is 5.88 Å². The lowest BCUT2D eigenvalue weighted by Gasteiger charge is -2.26. The molecule has 0 unspecified atom stereocenters. The highest BCUT2D eigenvalue weighted by atomic mass is 16.6. The first-order valence-electron chi connectivity index (χ1n) is 6.63. The van der Waals surface area contributed by atoms with Gasteiger partial charge in [-0.3, -0.25) is 4.90 Å². The Morgan fingerprint density at radius 3 is 2.95 bits per heavy atom. The molecule has 2 rings (SSSR count). The molecule has 1 aliphatic heterocycles. The fraction of sp³-hybridized carbons (Fsp3) is 0.615. The summed E-state index contributed by atoms with van der Waals surface area (Å²) in [6.07, 6.45) is 2.35. The summed E-state index contributed by atoms with van der Waals surface area (Å²) in [6, 6.07) is 3.59. The highest BCUT2D eigenvalue weighted by Crippen LogP contribution is 2.09. The van der Waals surface area contributed by atoms with E-state index in [-0.39, 0.29) is 0 Å². The highest BCUT2D eigenvalue weighted by Gasteiger charge is 2.10. The van der Waals surface area contributed by atoms with Crippen LogP contribution in [0.2, 0.25) is 0 Å². The van der Waals surface area contributed by atoms with Gasteiger partial charge < -0.3 is 19.4 Å². The molecule has 0 atom stereocenters. The van der Waals surface area contributed by atoms with Crippen molar-refractivity contribution < 1.29 is 14.3 Å². The zero-order chi connectivity index (χ0) is 13.5. The molecule has 0 radical (unpaired) electrons. The molecule has 0 spiro atoms. The van der Waals surface area contributed by atoms with E-state index in [1.54, 1.807) is 10.6 Å². The van der Waals surface area contributed by atoms with Gasteiger partial charge in [0.05, 0.1) is 13.2 Å². The minimum atomic E-state index is -0.399. The molecule has 0 aliphatic carbocycles. The highest BCUT2D eigenvalue weighted by molar-refractivity contribution is 5.69. The fourth-order valence-corrected chi connectivity index (χ4v) is 2.00. The van der Waals surface area contributed by atoms with E-state index < -0.39 is 6.09 Å². The van der Waals surface area contributed by atoms with Gasteiger partial charge in [0.25, 0.3) is 0 Å². The van der Waals surface area contributed by atoms with E-state index in [1.807, 2.05) is 19.3 Å². The predicted octanol–water partition coefficient (Wildman–Crippen LogP) is 0.836. The van der Waals surface area contributed by atoms with Gasteiger partial charge in [-0.25, -0.2) is 4.79 Å². The molecule has 1 aromatic heterocycles. The van der Waals surface area contributed by atoms with Crippen LogP contribution < -0.4 is 10.1 Å². The molecule has 1 fully saturated rings.